The second-order valence-electron chi connectivity index (χ2n) is 5.28. The molecule has 2 fully saturated rings. The molecule has 0 aromatic carbocycles. The third-order valence-electron chi connectivity index (χ3n) is 3.86. The van der Waals surface area contributed by atoms with Crippen LogP contribution in [0.2, 0.25) is 0 Å². The molecule has 2 aliphatic rings. The Balaban J connectivity index is 1.76. The summed E-state index contributed by atoms with van der Waals surface area (Å²) in [5.41, 5.74) is 0. The van der Waals surface area contributed by atoms with Crippen LogP contribution in [0.25, 0.3) is 0 Å². The Morgan fingerprint density at radius 3 is 2.69 bits per heavy atom. The number of carbonyl (C=O) groups is 1. The Morgan fingerprint density at radius 1 is 1.31 bits per heavy atom. The van der Waals surface area contributed by atoms with Crippen LogP contribution in [0.5, 0.6) is 0 Å². The van der Waals surface area contributed by atoms with Gasteiger partial charge in [0.1, 0.15) is 0 Å². The second-order valence-corrected chi connectivity index (χ2v) is 5.28. The Labute approximate surface area is 97.8 Å². The smallest absolute Gasteiger partial charge is 0.237 e. The molecule has 0 aromatic heterocycles. The Kier molecular flexibility index (Phi) is 3.82. The molecule has 1 aliphatic carbocycles. The van der Waals surface area contributed by atoms with E-state index in [-0.39, 0.29) is 11.9 Å². The van der Waals surface area contributed by atoms with Gasteiger partial charge in [0.15, 0.2) is 0 Å². The van der Waals surface area contributed by atoms with Gasteiger partial charge in [0.05, 0.1) is 6.04 Å². The minimum Gasteiger partial charge on any atom is -0.352 e. The lowest BCUT2D eigenvalue weighted by Gasteiger charge is -2.20. The van der Waals surface area contributed by atoms with Gasteiger partial charge in [-0.15, -0.1) is 0 Å². The SMILES string of the molecule is CN(C)[C@@H]1CC[C@H](NC(=O)[C@@H]2CCCN2)C1. The van der Waals surface area contributed by atoms with Gasteiger partial charge in [0.25, 0.3) is 0 Å². The van der Waals surface area contributed by atoms with Crippen molar-refractivity contribution in [1.29, 1.82) is 0 Å². The van der Waals surface area contributed by atoms with Crippen LogP contribution in [0.4, 0.5) is 0 Å². The van der Waals surface area contributed by atoms with E-state index in [9.17, 15) is 4.79 Å². The highest BCUT2D eigenvalue weighted by Gasteiger charge is 2.29. The Hall–Kier alpha value is -0.610. The van der Waals surface area contributed by atoms with Crippen molar-refractivity contribution in [2.45, 2.75) is 50.2 Å². The van der Waals surface area contributed by atoms with E-state index in [1.165, 1.54) is 6.42 Å². The number of hydrogen-bond donors (Lipinski definition) is 2. The molecular formula is C12H23N3O. The van der Waals surface area contributed by atoms with Crippen LogP contribution in [0.3, 0.4) is 0 Å². The molecule has 0 aromatic rings. The molecule has 2 rings (SSSR count). The zero-order chi connectivity index (χ0) is 11.5. The highest BCUT2D eigenvalue weighted by molar-refractivity contribution is 5.82. The number of amides is 1. The lowest BCUT2D eigenvalue weighted by Crippen LogP contribution is -2.44. The van der Waals surface area contributed by atoms with Gasteiger partial charge in [-0.1, -0.05) is 0 Å². The minimum absolute atomic E-state index is 0.0680. The molecule has 0 unspecified atom stereocenters. The summed E-state index contributed by atoms with van der Waals surface area (Å²) in [5.74, 6) is 0.210. The zero-order valence-electron chi connectivity index (χ0n) is 10.3. The van der Waals surface area contributed by atoms with Crippen LogP contribution in [-0.4, -0.2) is 49.6 Å². The fourth-order valence-corrected chi connectivity index (χ4v) is 2.77. The van der Waals surface area contributed by atoms with Gasteiger partial charge < -0.3 is 15.5 Å². The maximum atomic E-state index is 11.9. The number of nitrogens with one attached hydrogen (secondary N) is 2. The second kappa shape index (κ2) is 5.15. The van der Waals surface area contributed by atoms with Crippen LogP contribution in [0.15, 0.2) is 0 Å². The van der Waals surface area contributed by atoms with Crippen molar-refractivity contribution in [3.8, 4) is 0 Å². The number of nitrogens with zero attached hydrogens (tertiary/aromatic N) is 1. The summed E-state index contributed by atoms with van der Waals surface area (Å²) >= 11 is 0. The van der Waals surface area contributed by atoms with Gasteiger partial charge >= 0.3 is 0 Å². The van der Waals surface area contributed by atoms with Gasteiger partial charge in [0, 0.05) is 12.1 Å². The van der Waals surface area contributed by atoms with Crippen LogP contribution in [0, 0.1) is 0 Å². The first-order valence-electron chi connectivity index (χ1n) is 6.37. The zero-order valence-corrected chi connectivity index (χ0v) is 10.3. The monoisotopic (exact) mass is 225 g/mol. The summed E-state index contributed by atoms with van der Waals surface area (Å²) < 4.78 is 0. The molecule has 3 atom stereocenters. The fourth-order valence-electron chi connectivity index (χ4n) is 2.77. The van der Waals surface area contributed by atoms with Crippen molar-refractivity contribution >= 4 is 5.91 Å². The third kappa shape index (κ3) is 2.74. The maximum Gasteiger partial charge on any atom is 0.237 e. The standard InChI is InChI=1S/C12H23N3O/c1-15(2)10-6-5-9(8-10)14-12(16)11-4-3-7-13-11/h9-11,13H,3-8H2,1-2H3,(H,14,16)/t9-,10+,11-/m0/s1. The predicted octanol–water partition coefficient (Wildman–Crippen LogP) is 0.337. The van der Waals surface area contributed by atoms with Crippen molar-refractivity contribution in [3.63, 3.8) is 0 Å². The van der Waals surface area contributed by atoms with Crippen LogP contribution < -0.4 is 10.6 Å². The summed E-state index contributed by atoms with van der Waals surface area (Å²) in [6.07, 6.45) is 5.56. The quantitative estimate of drug-likeness (QED) is 0.728. The highest BCUT2D eigenvalue weighted by Crippen LogP contribution is 2.22. The maximum absolute atomic E-state index is 11.9. The number of carbonyl (C=O) groups excluding carboxylic acids is 1. The molecule has 1 saturated carbocycles. The molecule has 1 saturated heterocycles. The van der Waals surface area contributed by atoms with Crippen molar-refractivity contribution < 1.29 is 4.79 Å². The van der Waals surface area contributed by atoms with Crippen molar-refractivity contribution in [2.24, 2.45) is 0 Å². The molecule has 1 aliphatic heterocycles. The van der Waals surface area contributed by atoms with E-state index < -0.39 is 0 Å². The summed E-state index contributed by atoms with van der Waals surface area (Å²) in [6, 6.07) is 1.10. The molecule has 0 bridgehead atoms. The predicted molar refractivity (Wildman–Crippen MR) is 64.3 cm³/mol. The van der Waals surface area contributed by atoms with Crippen molar-refractivity contribution in [3.05, 3.63) is 0 Å². The van der Waals surface area contributed by atoms with Crippen molar-refractivity contribution in [2.75, 3.05) is 20.6 Å². The van der Waals surface area contributed by atoms with E-state index in [1.54, 1.807) is 0 Å². The molecule has 92 valence electrons. The normalized spacial score (nSPS) is 34.6. The van der Waals surface area contributed by atoms with E-state index >= 15 is 0 Å². The summed E-state index contributed by atoms with van der Waals surface area (Å²) in [5, 5.41) is 6.42. The van der Waals surface area contributed by atoms with E-state index in [2.05, 4.69) is 29.6 Å². The average Bonchev–Trinajstić information content (AvgIpc) is 2.87. The molecule has 1 amide bonds. The molecule has 2 N–H and O–H groups in total. The fraction of sp³-hybridized carbons (Fsp3) is 0.917. The topological polar surface area (TPSA) is 44.4 Å². The molecule has 4 nitrogen and oxygen atoms in total. The Morgan fingerprint density at radius 2 is 2.12 bits per heavy atom. The van der Waals surface area contributed by atoms with E-state index in [0.717, 1.165) is 32.2 Å². The third-order valence-corrected chi connectivity index (χ3v) is 3.86. The summed E-state index contributed by atoms with van der Waals surface area (Å²) in [7, 11) is 4.24. The van der Waals surface area contributed by atoms with Crippen LogP contribution >= 0.6 is 0 Å². The molecule has 0 spiro atoms. The molecule has 4 heteroatoms. The van der Waals surface area contributed by atoms with Gasteiger partial charge in [-0.3, -0.25) is 4.79 Å². The lowest BCUT2D eigenvalue weighted by atomic mass is 10.2. The first kappa shape index (κ1) is 11.9. The highest BCUT2D eigenvalue weighted by atomic mass is 16.2. The van der Waals surface area contributed by atoms with Gasteiger partial charge in [-0.05, 0) is 52.7 Å². The molecule has 1 heterocycles. The first-order chi connectivity index (χ1) is 7.66. The number of rotatable bonds is 3. The lowest BCUT2D eigenvalue weighted by molar-refractivity contribution is -0.123. The van der Waals surface area contributed by atoms with Crippen molar-refractivity contribution in [1.82, 2.24) is 15.5 Å². The molecule has 16 heavy (non-hydrogen) atoms. The summed E-state index contributed by atoms with van der Waals surface area (Å²) in [6.45, 7) is 0.989. The van der Waals surface area contributed by atoms with E-state index in [0.29, 0.717) is 12.1 Å². The van der Waals surface area contributed by atoms with Crippen LogP contribution in [-0.2, 0) is 4.79 Å². The average molecular weight is 225 g/mol. The van der Waals surface area contributed by atoms with Gasteiger partial charge in [-0.25, -0.2) is 0 Å². The van der Waals surface area contributed by atoms with E-state index in [1.807, 2.05) is 0 Å². The number of hydrogen-bond acceptors (Lipinski definition) is 3. The largest absolute Gasteiger partial charge is 0.352 e. The molecule has 0 radical (unpaired) electrons. The minimum atomic E-state index is 0.0680. The Bertz CT molecular complexity index is 249. The summed E-state index contributed by atoms with van der Waals surface area (Å²) in [4.78, 5) is 14.2. The van der Waals surface area contributed by atoms with Crippen LogP contribution in [0.1, 0.15) is 32.1 Å². The van der Waals surface area contributed by atoms with E-state index in [4.69, 9.17) is 0 Å². The first-order valence-corrected chi connectivity index (χ1v) is 6.37. The molecular weight excluding hydrogens is 202 g/mol. The van der Waals surface area contributed by atoms with Gasteiger partial charge in [0.2, 0.25) is 5.91 Å². The van der Waals surface area contributed by atoms with Gasteiger partial charge in [-0.2, -0.15) is 0 Å².